The van der Waals surface area contributed by atoms with E-state index in [-0.39, 0.29) is 0 Å². The summed E-state index contributed by atoms with van der Waals surface area (Å²) >= 11 is 0. The Kier molecular flexibility index (Phi) is 3.06. The van der Waals surface area contributed by atoms with Crippen molar-refractivity contribution < 1.29 is 5.11 Å². The maximum absolute atomic E-state index is 9.63. The molecule has 3 rings (SSSR count). The van der Waals surface area contributed by atoms with Gasteiger partial charge in [-0.1, -0.05) is 31.9 Å². The maximum atomic E-state index is 9.63. The Bertz CT molecular complexity index is 431. The predicted octanol–water partition coefficient (Wildman–Crippen LogP) is 3.16. The number of benzene rings is 1. The van der Waals surface area contributed by atoms with E-state index in [1.807, 2.05) is 12.1 Å². The Morgan fingerprint density at radius 1 is 1.39 bits per heavy atom. The van der Waals surface area contributed by atoms with E-state index < -0.39 is 0 Å². The van der Waals surface area contributed by atoms with Crippen LogP contribution >= 0.6 is 0 Å². The summed E-state index contributed by atoms with van der Waals surface area (Å²) in [6.07, 6.45) is 5.30. The van der Waals surface area contributed by atoms with Gasteiger partial charge in [-0.3, -0.25) is 0 Å². The van der Waals surface area contributed by atoms with Crippen molar-refractivity contribution in [2.24, 2.45) is 5.92 Å². The molecule has 0 radical (unpaired) electrons. The number of phenolic OH excluding ortho intramolecular Hbond substituents is 1. The zero-order chi connectivity index (χ0) is 12.6. The van der Waals surface area contributed by atoms with E-state index in [1.54, 1.807) is 6.07 Å². The Hall–Kier alpha value is -1.02. The maximum Gasteiger partial charge on any atom is 0.115 e. The van der Waals surface area contributed by atoms with E-state index in [0.717, 1.165) is 5.92 Å². The Morgan fingerprint density at radius 2 is 2.28 bits per heavy atom. The van der Waals surface area contributed by atoms with Crippen LogP contribution < -0.4 is 0 Å². The first-order valence-electron chi connectivity index (χ1n) is 7.26. The first kappa shape index (κ1) is 12.0. The molecule has 1 aliphatic carbocycles. The molecule has 2 unspecified atom stereocenters. The van der Waals surface area contributed by atoms with E-state index in [0.29, 0.717) is 11.2 Å². The molecule has 1 saturated heterocycles. The average Bonchev–Trinajstić information content (AvgIpc) is 2.94. The summed E-state index contributed by atoms with van der Waals surface area (Å²) in [5, 5.41) is 9.63. The first-order chi connectivity index (χ1) is 8.74. The highest BCUT2D eigenvalue weighted by Crippen LogP contribution is 2.59. The van der Waals surface area contributed by atoms with Gasteiger partial charge in [0.15, 0.2) is 0 Å². The van der Waals surface area contributed by atoms with Crippen molar-refractivity contribution in [3.8, 4) is 5.75 Å². The number of piperidine rings is 1. The van der Waals surface area contributed by atoms with Crippen molar-refractivity contribution in [3.63, 3.8) is 0 Å². The van der Waals surface area contributed by atoms with Crippen molar-refractivity contribution in [2.45, 2.75) is 38.0 Å². The van der Waals surface area contributed by atoms with Crippen LogP contribution in [0.4, 0.5) is 0 Å². The summed E-state index contributed by atoms with van der Waals surface area (Å²) in [5.41, 5.74) is 1.73. The number of hydrogen-bond donors (Lipinski definition) is 1. The minimum atomic E-state index is 0.380. The van der Waals surface area contributed by atoms with Crippen molar-refractivity contribution in [2.75, 3.05) is 19.6 Å². The van der Waals surface area contributed by atoms with Gasteiger partial charge in [-0.05, 0) is 43.0 Å². The molecule has 0 aromatic heterocycles. The van der Waals surface area contributed by atoms with Crippen LogP contribution in [-0.2, 0) is 5.41 Å². The normalized spacial score (nSPS) is 30.4. The lowest BCUT2D eigenvalue weighted by atomic mass is 9.95. The summed E-state index contributed by atoms with van der Waals surface area (Å²) < 4.78 is 0. The van der Waals surface area contributed by atoms with Crippen LogP contribution in [-0.4, -0.2) is 29.6 Å². The Labute approximate surface area is 110 Å². The number of unbranched alkanes of at least 4 members (excludes halogenated alkanes) is 2. The molecule has 0 amide bonds. The third kappa shape index (κ3) is 2.03. The van der Waals surface area contributed by atoms with Crippen molar-refractivity contribution in [1.82, 2.24) is 4.90 Å². The van der Waals surface area contributed by atoms with Crippen LogP contribution in [0.5, 0.6) is 5.75 Å². The van der Waals surface area contributed by atoms with Gasteiger partial charge in [-0.15, -0.1) is 0 Å². The highest BCUT2D eigenvalue weighted by molar-refractivity contribution is 5.40. The number of likely N-dealkylation sites (tertiary alicyclic amines) is 1. The van der Waals surface area contributed by atoms with Gasteiger partial charge in [-0.2, -0.15) is 0 Å². The van der Waals surface area contributed by atoms with Crippen molar-refractivity contribution in [3.05, 3.63) is 29.8 Å². The lowest BCUT2D eigenvalue weighted by molar-refractivity contribution is 0.291. The minimum Gasteiger partial charge on any atom is -0.508 e. The summed E-state index contributed by atoms with van der Waals surface area (Å²) in [5.74, 6) is 1.25. The molecule has 98 valence electrons. The van der Waals surface area contributed by atoms with E-state index >= 15 is 0 Å². The topological polar surface area (TPSA) is 23.5 Å². The first-order valence-corrected chi connectivity index (χ1v) is 7.26. The van der Waals surface area contributed by atoms with Crippen molar-refractivity contribution >= 4 is 0 Å². The molecular formula is C16H23NO. The number of hydrogen-bond acceptors (Lipinski definition) is 2. The Morgan fingerprint density at radius 3 is 3.06 bits per heavy atom. The van der Waals surface area contributed by atoms with Crippen LogP contribution in [0, 0.1) is 5.92 Å². The quantitative estimate of drug-likeness (QED) is 0.806. The molecule has 1 N–H and O–H groups in total. The van der Waals surface area contributed by atoms with Crippen LogP contribution in [0.3, 0.4) is 0 Å². The van der Waals surface area contributed by atoms with Gasteiger partial charge >= 0.3 is 0 Å². The van der Waals surface area contributed by atoms with Gasteiger partial charge in [0.25, 0.3) is 0 Å². The summed E-state index contributed by atoms with van der Waals surface area (Å²) in [7, 11) is 0. The molecule has 2 nitrogen and oxygen atoms in total. The molecule has 0 bridgehead atoms. The lowest BCUT2D eigenvalue weighted by Crippen LogP contribution is -2.27. The Balaban J connectivity index is 1.65. The SMILES string of the molecule is CCCCCN1CC2CC2(c2cccc(O)c2)C1. The average molecular weight is 245 g/mol. The second-order valence-corrected chi connectivity index (χ2v) is 6.05. The number of fused-ring (bicyclic) bond motifs is 1. The molecule has 1 aromatic carbocycles. The highest BCUT2D eigenvalue weighted by Gasteiger charge is 2.60. The van der Waals surface area contributed by atoms with Gasteiger partial charge in [0.2, 0.25) is 0 Å². The summed E-state index contributed by atoms with van der Waals surface area (Å²) in [6, 6.07) is 7.91. The molecule has 1 saturated carbocycles. The van der Waals surface area contributed by atoms with Gasteiger partial charge in [0, 0.05) is 18.5 Å². The molecule has 1 aromatic rings. The third-order valence-corrected chi connectivity index (χ3v) is 4.72. The van der Waals surface area contributed by atoms with Crippen LogP contribution in [0.25, 0.3) is 0 Å². The second kappa shape index (κ2) is 4.58. The largest absolute Gasteiger partial charge is 0.508 e. The molecule has 1 aliphatic heterocycles. The van der Waals surface area contributed by atoms with Crippen LogP contribution in [0.2, 0.25) is 0 Å². The zero-order valence-electron chi connectivity index (χ0n) is 11.2. The number of nitrogens with zero attached hydrogens (tertiary/aromatic N) is 1. The van der Waals surface area contributed by atoms with Gasteiger partial charge in [0.1, 0.15) is 5.75 Å². The van der Waals surface area contributed by atoms with E-state index in [4.69, 9.17) is 0 Å². The fraction of sp³-hybridized carbons (Fsp3) is 0.625. The van der Waals surface area contributed by atoms with Gasteiger partial charge in [0.05, 0.1) is 0 Å². The fourth-order valence-electron chi connectivity index (χ4n) is 3.61. The highest BCUT2D eigenvalue weighted by atomic mass is 16.3. The number of phenols is 1. The van der Waals surface area contributed by atoms with E-state index in [2.05, 4.69) is 17.9 Å². The third-order valence-electron chi connectivity index (χ3n) is 4.72. The standard InChI is InChI=1S/C16H23NO/c1-2-3-4-8-17-11-14-10-16(14,12-17)13-6-5-7-15(18)9-13/h5-7,9,14,18H,2-4,8,10-12H2,1H3. The minimum absolute atomic E-state index is 0.380. The molecule has 2 atom stereocenters. The summed E-state index contributed by atoms with van der Waals surface area (Å²) in [4.78, 5) is 2.62. The van der Waals surface area contributed by atoms with E-state index in [9.17, 15) is 5.11 Å². The smallest absolute Gasteiger partial charge is 0.115 e. The predicted molar refractivity (Wildman–Crippen MR) is 73.9 cm³/mol. The van der Waals surface area contributed by atoms with E-state index in [1.165, 1.54) is 50.9 Å². The molecule has 1 heterocycles. The molecule has 2 heteroatoms. The lowest BCUT2D eigenvalue weighted by Gasteiger charge is -2.21. The van der Waals surface area contributed by atoms with Crippen LogP contribution in [0.1, 0.15) is 38.2 Å². The van der Waals surface area contributed by atoms with Gasteiger partial charge < -0.3 is 10.0 Å². The zero-order valence-corrected chi connectivity index (χ0v) is 11.2. The fourth-order valence-corrected chi connectivity index (χ4v) is 3.61. The van der Waals surface area contributed by atoms with Crippen LogP contribution in [0.15, 0.2) is 24.3 Å². The molecule has 2 fully saturated rings. The van der Waals surface area contributed by atoms with Crippen molar-refractivity contribution in [1.29, 1.82) is 0 Å². The second-order valence-electron chi connectivity index (χ2n) is 6.05. The molecular weight excluding hydrogens is 222 g/mol. The monoisotopic (exact) mass is 245 g/mol. The number of rotatable bonds is 5. The van der Waals surface area contributed by atoms with Gasteiger partial charge in [-0.25, -0.2) is 0 Å². The molecule has 0 spiro atoms. The molecule has 18 heavy (non-hydrogen) atoms. The molecule has 2 aliphatic rings. The summed E-state index contributed by atoms with van der Waals surface area (Å²) in [6.45, 7) is 5.98. The number of aromatic hydroxyl groups is 1.